The van der Waals surface area contributed by atoms with Crippen molar-refractivity contribution < 1.29 is 8.78 Å². The van der Waals surface area contributed by atoms with E-state index in [0.29, 0.717) is 12.6 Å². The zero-order valence-corrected chi connectivity index (χ0v) is 10.7. The van der Waals surface area contributed by atoms with E-state index in [1.165, 1.54) is 31.4 Å². The van der Waals surface area contributed by atoms with Crippen molar-refractivity contribution in [2.75, 3.05) is 0 Å². The molecule has 1 fully saturated rings. The molecule has 0 amide bonds. The van der Waals surface area contributed by atoms with Crippen LogP contribution >= 0.6 is 12.4 Å². The minimum atomic E-state index is -0.779. The van der Waals surface area contributed by atoms with E-state index < -0.39 is 11.6 Å². The summed E-state index contributed by atoms with van der Waals surface area (Å²) in [7, 11) is 0. The van der Waals surface area contributed by atoms with Gasteiger partial charge in [-0.05, 0) is 36.5 Å². The summed E-state index contributed by atoms with van der Waals surface area (Å²) in [6, 6.07) is 4.65. The van der Waals surface area contributed by atoms with E-state index in [1.54, 1.807) is 6.07 Å². The van der Waals surface area contributed by atoms with Crippen LogP contribution in [0.5, 0.6) is 0 Å². The Morgan fingerprint density at radius 3 is 2.71 bits per heavy atom. The van der Waals surface area contributed by atoms with E-state index in [-0.39, 0.29) is 12.4 Å². The molecule has 2 atom stereocenters. The molecule has 17 heavy (non-hydrogen) atoms. The van der Waals surface area contributed by atoms with Crippen LogP contribution in [0.2, 0.25) is 0 Å². The maximum atomic E-state index is 12.9. The Morgan fingerprint density at radius 2 is 2.06 bits per heavy atom. The van der Waals surface area contributed by atoms with Crippen LogP contribution in [0, 0.1) is 17.6 Å². The molecule has 0 saturated heterocycles. The molecule has 0 heterocycles. The van der Waals surface area contributed by atoms with Crippen LogP contribution < -0.4 is 5.32 Å². The second-order valence-electron chi connectivity index (χ2n) is 4.52. The average Bonchev–Trinajstić information content (AvgIpc) is 2.99. The number of hydrogen-bond acceptors (Lipinski definition) is 1. The molecule has 2 rings (SSSR count). The van der Waals surface area contributed by atoms with Gasteiger partial charge in [-0.2, -0.15) is 0 Å². The second kappa shape index (κ2) is 6.31. The van der Waals surface area contributed by atoms with E-state index in [9.17, 15) is 8.78 Å². The summed E-state index contributed by atoms with van der Waals surface area (Å²) >= 11 is 0. The molecular weight excluding hydrogens is 244 g/mol. The minimum absolute atomic E-state index is 0. The maximum absolute atomic E-state index is 12.9. The average molecular weight is 262 g/mol. The summed E-state index contributed by atoms with van der Waals surface area (Å²) in [6.07, 6.45) is 3.70. The Morgan fingerprint density at radius 1 is 1.29 bits per heavy atom. The van der Waals surface area contributed by atoms with Crippen molar-refractivity contribution >= 4 is 12.4 Å². The summed E-state index contributed by atoms with van der Waals surface area (Å²) in [5.74, 6) is -0.755. The van der Waals surface area contributed by atoms with Crippen molar-refractivity contribution in [3.63, 3.8) is 0 Å². The summed E-state index contributed by atoms with van der Waals surface area (Å²) in [6.45, 7) is 2.81. The van der Waals surface area contributed by atoms with E-state index in [4.69, 9.17) is 0 Å². The monoisotopic (exact) mass is 261 g/mol. The number of rotatable bonds is 5. The lowest BCUT2D eigenvalue weighted by Gasteiger charge is -2.04. The van der Waals surface area contributed by atoms with Crippen LogP contribution in [-0.4, -0.2) is 6.04 Å². The molecule has 1 aromatic rings. The third-order valence-corrected chi connectivity index (χ3v) is 3.13. The molecule has 4 heteroatoms. The smallest absolute Gasteiger partial charge is 0.159 e. The van der Waals surface area contributed by atoms with Gasteiger partial charge in [0.1, 0.15) is 0 Å². The van der Waals surface area contributed by atoms with Gasteiger partial charge in [-0.3, -0.25) is 0 Å². The van der Waals surface area contributed by atoms with E-state index in [1.807, 2.05) is 0 Å². The third-order valence-electron chi connectivity index (χ3n) is 3.13. The Hall–Kier alpha value is -0.670. The summed E-state index contributed by atoms with van der Waals surface area (Å²) in [5.41, 5.74) is 0.807. The third kappa shape index (κ3) is 3.93. The zero-order chi connectivity index (χ0) is 11.5. The molecule has 96 valence electrons. The first-order chi connectivity index (χ1) is 7.70. The summed E-state index contributed by atoms with van der Waals surface area (Å²) in [5, 5.41) is 3.37. The van der Waals surface area contributed by atoms with Gasteiger partial charge < -0.3 is 5.32 Å². The standard InChI is InChI=1S/C13H17F2N.ClH/c1-2-3-10-7-13(10)16-8-9-4-5-11(14)12(15)6-9;/h4-6,10,13,16H,2-3,7-8H2,1H3;1H. The lowest BCUT2D eigenvalue weighted by atomic mass is 10.2. The van der Waals surface area contributed by atoms with Gasteiger partial charge in [-0.1, -0.05) is 19.4 Å². The Balaban J connectivity index is 0.00000144. The SMILES string of the molecule is CCCC1CC1NCc1ccc(F)c(F)c1.Cl. The van der Waals surface area contributed by atoms with Crippen molar-refractivity contribution in [2.24, 2.45) is 5.92 Å². The van der Waals surface area contributed by atoms with Crippen LogP contribution in [0.25, 0.3) is 0 Å². The van der Waals surface area contributed by atoms with Gasteiger partial charge in [0.15, 0.2) is 11.6 Å². The molecule has 0 aliphatic heterocycles. The van der Waals surface area contributed by atoms with Gasteiger partial charge in [0, 0.05) is 12.6 Å². The predicted octanol–water partition coefficient (Wildman–Crippen LogP) is 3.66. The van der Waals surface area contributed by atoms with Crippen molar-refractivity contribution in [3.05, 3.63) is 35.4 Å². The molecule has 0 spiro atoms. The zero-order valence-electron chi connectivity index (χ0n) is 9.88. The first-order valence-corrected chi connectivity index (χ1v) is 5.88. The topological polar surface area (TPSA) is 12.0 Å². The van der Waals surface area contributed by atoms with Crippen LogP contribution in [0.15, 0.2) is 18.2 Å². The number of hydrogen-bond donors (Lipinski definition) is 1. The van der Waals surface area contributed by atoms with Crippen LogP contribution in [0.4, 0.5) is 8.78 Å². The predicted molar refractivity (Wildman–Crippen MR) is 67.2 cm³/mol. The summed E-state index contributed by atoms with van der Waals surface area (Å²) < 4.78 is 25.6. The summed E-state index contributed by atoms with van der Waals surface area (Å²) in [4.78, 5) is 0. The highest BCUT2D eigenvalue weighted by atomic mass is 35.5. The normalized spacial score (nSPS) is 22.1. The second-order valence-corrected chi connectivity index (χ2v) is 4.52. The highest BCUT2D eigenvalue weighted by Crippen LogP contribution is 2.34. The molecule has 0 aromatic heterocycles. The molecule has 0 bridgehead atoms. The fourth-order valence-corrected chi connectivity index (χ4v) is 2.09. The first-order valence-electron chi connectivity index (χ1n) is 5.88. The van der Waals surface area contributed by atoms with Crippen molar-refractivity contribution in [2.45, 2.75) is 38.8 Å². The van der Waals surface area contributed by atoms with Gasteiger partial charge in [0.05, 0.1) is 0 Å². The molecule has 2 unspecified atom stereocenters. The van der Waals surface area contributed by atoms with Gasteiger partial charge in [-0.15, -0.1) is 12.4 Å². The van der Waals surface area contributed by atoms with Gasteiger partial charge in [0.25, 0.3) is 0 Å². The molecule has 0 radical (unpaired) electrons. The van der Waals surface area contributed by atoms with Gasteiger partial charge in [0.2, 0.25) is 0 Å². The molecule has 1 aliphatic carbocycles. The number of benzene rings is 1. The van der Waals surface area contributed by atoms with Gasteiger partial charge >= 0.3 is 0 Å². The van der Waals surface area contributed by atoms with Crippen LogP contribution in [-0.2, 0) is 6.54 Å². The number of halogens is 3. The fraction of sp³-hybridized carbons (Fsp3) is 0.538. The van der Waals surface area contributed by atoms with E-state index in [0.717, 1.165) is 11.5 Å². The highest BCUT2D eigenvalue weighted by Gasteiger charge is 2.35. The van der Waals surface area contributed by atoms with Crippen molar-refractivity contribution in [3.8, 4) is 0 Å². The molecule has 1 N–H and O–H groups in total. The van der Waals surface area contributed by atoms with Crippen LogP contribution in [0.1, 0.15) is 31.7 Å². The fourth-order valence-electron chi connectivity index (χ4n) is 2.09. The molecule has 1 aromatic carbocycles. The quantitative estimate of drug-likeness (QED) is 0.853. The molecule has 1 nitrogen and oxygen atoms in total. The van der Waals surface area contributed by atoms with Crippen molar-refractivity contribution in [1.82, 2.24) is 5.32 Å². The first kappa shape index (κ1) is 14.4. The Bertz CT molecular complexity index is 370. The lowest BCUT2D eigenvalue weighted by Crippen LogP contribution is -2.17. The highest BCUT2D eigenvalue weighted by molar-refractivity contribution is 5.85. The van der Waals surface area contributed by atoms with E-state index in [2.05, 4.69) is 12.2 Å². The number of nitrogens with one attached hydrogen (secondary N) is 1. The van der Waals surface area contributed by atoms with E-state index >= 15 is 0 Å². The molecular formula is C13H18ClF2N. The lowest BCUT2D eigenvalue weighted by molar-refractivity contribution is 0.505. The largest absolute Gasteiger partial charge is 0.310 e. The Kier molecular flexibility index (Phi) is 5.34. The minimum Gasteiger partial charge on any atom is -0.310 e. The van der Waals surface area contributed by atoms with Gasteiger partial charge in [-0.25, -0.2) is 8.78 Å². The maximum Gasteiger partial charge on any atom is 0.159 e. The Labute approximate surface area is 107 Å². The molecule has 1 aliphatic rings. The van der Waals surface area contributed by atoms with Crippen molar-refractivity contribution in [1.29, 1.82) is 0 Å². The molecule has 1 saturated carbocycles. The van der Waals surface area contributed by atoms with Crippen LogP contribution in [0.3, 0.4) is 0 Å².